The van der Waals surface area contributed by atoms with Crippen LogP contribution in [0.25, 0.3) is 0 Å². The summed E-state index contributed by atoms with van der Waals surface area (Å²) in [4.78, 5) is 28.3. The van der Waals surface area contributed by atoms with Crippen molar-refractivity contribution in [2.75, 3.05) is 6.61 Å². The Morgan fingerprint density at radius 3 is 2.62 bits per heavy atom. The summed E-state index contributed by atoms with van der Waals surface area (Å²) in [6.07, 6.45) is 3.15. The normalized spacial score (nSPS) is 16.2. The summed E-state index contributed by atoms with van der Waals surface area (Å²) in [6, 6.07) is 2.16. The second-order valence-corrected chi connectivity index (χ2v) is 6.38. The highest BCUT2D eigenvalue weighted by Crippen LogP contribution is 2.28. The maximum atomic E-state index is 11.9. The van der Waals surface area contributed by atoms with E-state index in [9.17, 15) is 14.9 Å². The number of esters is 1. The summed E-state index contributed by atoms with van der Waals surface area (Å²) in [7, 11) is 0. The van der Waals surface area contributed by atoms with Crippen LogP contribution < -0.4 is 5.32 Å². The number of amides is 1. The number of rotatable bonds is 4. The van der Waals surface area contributed by atoms with Crippen molar-refractivity contribution in [1.82, 2.24) is 10.3 Å². The molecule has 1 fully saturated rings. The number of carbonyl (C=O) groups excluding carboxylic acids is 2. The van der Waals surface area contributed by atoms with E-state index in [1.54, 1.807) is 13.8 Å². The Bertz CT molecular complexity index is 597. The quantitative estimate of drug-likeness (QED) is 0.857. The Balaban J connectivity index is 1.88. The molecule has 21 heavy (non-hydrogen) atoms. The van der Waals surface area contributed by atoms with Gasteiger partial charge in [-0.3, -0.25) is 4.79 Å². The zero-order valence-electron chi connectivity index (χ0n) is 12.1. The van der Waals surface area contributed by atoms with Crippen molar-refractivity contribution < 1.29 is 14.3 Å². The van der Waals surface area contributed by atoms with Crippen LogP contribution in [0.3, 0.4) is 0 Å². The fraction of sp³-hybridized carbons (Fsp3) is 0.571. The van der Waals surface area contributed by atoms with E-state index in [-0.39, 0.29) is 6.61 Å². The predicted molar refractivity (Wildman–Crippen MR) is 76.8 cm³/mol. The predicted octanol–water partition coefficient (Wildman–Crippen LogP) is 1.87. The van der Waals surface area contributed by atoms with Crippen LogP contribution in [0.2, 0.25) is 0 Å². The molecule has 0 radical (unpaired) electrons. The van der Waals surface area contributed by atoms with Gasteiger partial charge in [-0.05, 0) is 39.5 Å². The standard InChI is InChI=1S/C14H17N3O3S/c1-9-12(21-10(2)16-9)13(19)20-7-11(18)17-14(8-15)5-3-4-6-14/h3-7H2,1-2H3,(H,17,18). The first-order chi connectivity index (χ1) is 9.96. The number of carbonyl (C=O) groups is 2. The van der Waals surface area contributed by atoms with E-state index in [0.29, 0.717) is 23.4 Å². The Labute approximate surface area is 127 Å². The number of thiazole rings is 1. The number of aromatic nitrogens is 1. The van der Waals surface area contributed by atoms with E-state index in [1.807, 2.05) is 0 Å². The maximum Gasteiger partial charge on any atom is 0.350 e. The third-order valence-corrected chi connectivity index (χ3v) is 4.53. The smallest absolute Gasteiger partial charge is 0.350 e. The van der Waals surface area contributed by atoms with Crippen molar-refractivity contribution in [2.24, 2.45) is 0 Å². The molecule has 0 saturated heterocycles. The molecule has 112 valence electrons. The molecule has 0 aliphatic heterocycles. The van der Waals surface area contributed by atoms with Gasteiger partial charge < -0.3 is 10.1 Å². The number of hydrogen-bond donors (Lipinski definition) is 1. The molecule has 1 amide bonds. The molecule has 1 aromatic rings. The second kappa shape index (κ2) is 6.22. The fourth-order valence-electron chi connectivity index (χ4n) is 2.46. The number of hydrogen-bond acceptors (Lipinski definition) is 6. The van der Waals surface area contributed by atoms with Gasteiger partial charge in [-0.15, -0.1) is 11.3 Å². The van der Waals surface area contributed by atoms with E-state index in [4.69, 9.17) is 4.74 Å². The fourth-order valence-corrected chi connectivity index (χ4v) is 3.28. The number of nitriles is 1. The molecule has 0 bridgehead atoms. The average Bonchev–Trinajstić information content (AvgIpc) is 3.03. The van der Waals surface area contributed by atoms with Crippen LogP contribution in [0, 0.1) is 25.2 Å². The molecule has 1 saturated carbocycles. The Morgan fingerprint density at radius 1 is 1.43 bits per heavy atom. The maximum absolute atomic E-state index is 11.9. The van der Waals surface area contributed by atoms with Gasteiger partial charge in [0.1, 0.15) is 10.4 Å². The van der Waals surface area contributed by atoms with Crippen molar-refractivity contribution in [3.8, 4) is 6.07 Å². The molecule has 0 aromatic carbocycles. The summed E-state index contributed by atoms with van der Waals surface area (Å²) in [6.45, 7) is 3.15. The monoisotopic (exact) mass is 307 g/mol. The molecule has 2 rings (SSSR count). The molecule has 1 aromatic heterocycles. The number of aryl methyl sites for hydroxylation is 2. The largest absolute Gasteiger partial charge is 0.451 e. The van der Waals surface area contributed by atoms with Gasteiger partial charge in [0.25, 0.3) is 5.91 Å². The van der Waals surface area contributed by atoms with Crippen molar-refractivity contribution >= 4 is 23.2 Å². The lowest BCUT2D eigenvalue weighted by atomic mass is 10.00. The summed E-state index contributed by atoms with van der Waals surface area (Å²) in [5.41, 5.74) is -0.187. The lowest BCUT2D eigenvalue weighted by Crippen LogP contribution is -2.46. The molecule has 1 N–H and O–H groups in total. The van der Waals surface area contributed by atoms with Crippen LogP contribution in [0.4, 0.5) is 0 Å². The Morgan fingerprint density at radius 2 is 2.10 bits per heavy atom. The van der Waals surface area contributed by atoms with Gasteiger partial charge in [0.05, 0.1) is 16.8 Å². The van der Waals surface area contributed by atoms with Gasteiger partial charge in [-0.25, -0.2) is 9.78 Å². The van der Waals surface area contributed by atoms with Crippen molar-refractivity contribution in [1.29, 1.82) is 5.26 Å². The zero-order valence-corrected chi connectivity index (χ0v) is 12.9. The molecule has 1 heterocycles. The van der Waals surface area contributed by atoms with E-state index < -0.39 is 17.4 Å². The zero-order chi connectivity index (χ0) is 15.5. The minimum Gasteiger partial charge on any atom is -0.451 e. The summed E-state index contributed by atoms with van der Waals surface area (Å²) < 4.78 is 4.99. The molecule has 0 atom stereocenters. The molecule has 0 unspecified atom stereocenters. The molecule has 7 heteroatoms. The van der Waals surface area contributed by atoms with Crippen LogP contribution in [-0.2, 0) is 9.53 Å². The van der Waals surface area contributed by atoms with E-state index in [2.05, 4.69) is 16.4 Å². The molecular weight excluding hydrogens is 290 g/mol. The summed E-state index contributed by atoms with van der Waals surface area (Å²) >= 11 is 1.24. The number of ether oxygens (including phenoxy) is 1. The van der Waals surface area contributed by atoms with Gasteiger partial charge in [-0.1, -0.05) is 0 Å². The highest BCUT2D eigenvalue weighted by Gasteiger charge is 2.35. The highest BCUT2D eigenvalue weighted by atomic mass is 32.1. The van der Waals surface area contributed by atoms with Gasteiger partial charge in [-0.2, -0.15) is 5.26 Å². The number of nitrogens with zero attached hydrogens (tertiary/aromatic N) is 2. The lowest BCUT2D eigenvalue weighted by molar-refractivity contribution is -0.125. The molecule has 1 aliphatic rings. The number of nitrogens with one attached hydrogen (secondary N) is 1. The van der Waals surface area contributed by atoms with E-state index in [0.717, 1.165) is 17.8 Å². The third-order valence-electron chi connectivity index (χ3n) is 3.47. The van der Waals surface area contributed by atoms with Gasteiger partial charge in [0.2, 0.25) is 0 Å². The first kappa shape index (κ1) is 15.4. The van der Waals surface area contributed by atoms with Crippen LogP contribution in [0.5, 0.6) is 0 Å². The van der Waals surface area contributed by atoms with Gasteiger partial charge >= 0.3 is 5.97 Å². The highest BCUT2D eigenvalue weighted by molar-refractivity contribution is 7.13. The minimum atomic E-state index is -0.791. The summed E-state index contributed by atoms with van der Waals surface area (Å²) in [5, 5.41) is 12.6. The SMILES string of the molecule is Cc1nc(C)c(C(=O)OCC(=O)NC2(C#N)CCCC2)s1. The molecule has 6 nitrogen and oxygen atoms in total. The molecular formula is C14H17N3O3S. The molecule has 0 spiro atoms. The Hall–Kier alpha value is -1.94. The van der Waals surface area contributed by atoms with E-state index >= 15 is 0 Å². The minimum absolute atomic E-state index is 0.376. The average molecular weight is 307 g/mol. The van der Waals surface area contributed by atoms with E-state index in [1.165, 1.54) is 11.3 Å². The van der Waals surface area contributed by atoms with Crippen molar-refractivity contribution in [3.63, 3.8) is 0 Å². The topological polar surface area (TPSA) is 92.1 Å². The van der Waals surface area contributed by atoms with Crippen LogP contribution in [0.15, 0.2) is 0 Å². The van der Waals surface area contributed by atoms with Gasteiger partial charge in [0, 0.05) is 0 Å². The first-order valence-corrected chi connectivity index (χ1v) is 7.61. The van der Waals surface area contributed by atoms with Gasteiger partial charge in [0.15, 0.2) is 6.61 Å². The van der Waals surface area contributed by atoms with Crippen LogP contribution >= 0.6 is 11.3 Å². The Kier molecular flexibility index (Phi) is 4.58. The van der Waals surface area contributed by atoms with Crippen molar-refractivity contribution in [2.45, 2.75) is 45.1 Å². The van der Waals surface area contributed by atoms with Crippen LogP contribution in [0.1, 0.15) is 46.1 Å². The van der Waals surface area contributed by atoms with Crippen LogP contribution in [-0.4, -0.2) is 29.0 Å². The van der Waals surface area contributed by atoms with Crippen molar-refractivity contribution in [3.05, 3.63) is 15.6 Å². The molecule has 1 aliphatic carbocycles. The summed E-state index contributed by atoms with van der Waals surface area (Å²) in [5.74, 6) is -0.989. The second-order valence-electron chi connectivity index (χ2n) is 5.17. The first-order valence-electron chi connectivity index (χ1n) is 6.79. The lowest BCUT2D eigenvalue weighted by Gasteiger charge is -2.21. The third kappa shape index (κ3) is 3.58.